The van der Waals surface area contributed by atoms with Crippen LogP contribution < -0.4 is 5.32 Å². The zero-order valence-corrected chi connectivity index (χ0v) is 11.2. The van der Waals surface area contributed by atoms with Gasteiger partial charge in [-0.05, 0) is 53.0 Å². The molecule has 0 saturated heterocycles. The van der Waals surface area contributed by atoms with E-state index in [0.29, 0.717) is 6.10 Å². The van der Waals surface area contributed by atoms with Gasteiger partial charge >= 0.3 is 0 Å². The standard InChI is InChI=1S/C13H29NO/c1-6-9-12(15-5)10-7-8-11-14-13(2,3)4/h12,14H,6-11H2,1-5H3. The monoisotopic (exact) mass is 215 g/mol. The molecule has 0 heterocycles. The largest absolute Gasteiger partial charge is 0.381 e. The maximum absolute atomic E-state index is 5.42. The Bertz CT molecular complexity index is 140. The Kier molecular flexibility index (Phi) is 8.07. The molecule has 0 amide bonds. The van der Waals surface area contributed by atoms with E-state index >= 15 is 0 Å². The highest BCUT2D eigenvalue weighted by Crippen LogP contribution is 2.10. The quantitative estimate of drug-likeness (QED) is 0.627. The van der Waals surface area contributed by atoms with Crippen molar-refractivity contribution in [2.75, 3.05) is 13.7 Å². The Hall–Kier alpha value is -0.0800. The van der Waals surface area contributed by atoms with Crippen molar-refractivity contribution in [3.05, 3.63) is 0 Å². The summed E-state index contributed by atoms with van der Waals surface area (Å²) >= 11 is 0. The molecule has 0 saturated carbocycles. The zero-order chi connectivity index (χ0) is 11.7. The van der Waals surface area contributed by atoms with Crippen LogP contribution in [0.3, 0.4) is 0 Å². The summed E-state index contributed by atoms with van der Waals surface area (Å²) in [5, 5.41) is 3.50. The van der Waals surface area contributed by atoms with Gasteiger partial charge in [0.1, 0.15) is 0 Å². The fraction of sp³-hybridized carbons (Fsp3) is 1.00. The van der Waals surface area contributed by atoms with E-state index in [0.717, 1.165) is 6.54 Å². The van der Waals surface area contributed by atoms with Gasteiger partial charge in [-0.15, -0.1) is 0 Å². The maximum atomic E-state index is 5.42. The summed E-state index contributed by atoms with van der Waals surface area (Å²) in [4.78, 5) is 0. The first kappa shape index (κ1) is 14.9. The smallest absolute Gasteiger partial charge is 0.0571 e. The number of methoxy groups -OCH3 is 1. The molecule has 0 bridgehead atoms. The number of nitrogens with one attached hydrogen (secondary N) is 1. The van der Waals surface area contributed by atoms with E-state index in [1.807, 2.05) is 7.11 Å². The molecule has 0 aliphatic carbocycles. The molecule has 0 aliphatic heterocycles. The Balaban J connectivity index is 3.36. The van der Waals surface area contributed by atoms with Crippen LogP contribution in [-0.2, 0) is 4.74 Å². The Labute approximate surface area is 95.8 Å². The van der Waals surface area contributed by atoms with Crippen LogP contribution in [0.25, 0.3) is 0 Å². The maximum Gasteiger partial charge on any atom is 0.0571 e. The Morgan fingerprint density at radius 1 is 1.13 bits per heavy atom. The van der Waals surface area contributed by atoms with Gasteiger partial charge in [-0.25, -0.2) is 0 Å². The van der Waals surface area contributed by atoms with Crippen molar-refractivity contribution >= 4 is 0 Å². The zero-order valence-electron chi connectivity index (χ0n) is 11.2. The number of hydrogen-bond donors (Lipinski definition) is 1. The fourth-order valence-electron chi connectivity index (χ4n) is 1.66. The van der Waals surface area contributed by atoms with Crippen LogP contribution in [0, 0.1) is 0 Å². The number of hydrogen-bond acceptors (Lipinski definition) is 2. The molecule has 92 valence electrons. The van der Waals surface area contributed by atoms with Crippen molar-refractivity contribution in [1.82, 2.24) is 5.32 Å². The fourth-order valence-corrected chi connectivity index (χ4v) is 1.66. The van der Waals surface area contributed by atoms with Crippen molar-refractivity contribution < 1.29 is 4.74 Å². The van der Waals surface area contributed by atoms with Crippen molar-refractivity contribution in [3.8, 4) is 0 Å². The SMILES string of the molecule is CCCC(CCCCNC(C)(C)C)OC. The lowest BCUT2D eigenvalue weighted by atomic mass is 10.1. The van der Waals surface area contributed by atoms with E-state index in [-0.39, 0.29) is 5.54 Å². The van der Waals surface area contributed by atoms with E-state index in [1.54, 1.807) is 0 Å². The predicted molar refractivity (Wildman–Crippen MR) is 67.3 cm³/mol. The molecule has 1 atom stereocenters. The molecule has 2 nitrogen and oxygen atoms in total. The van der Waals surface area contributed by atoms with Gasteiger partial charge in [0.05, 0.1) is 6.10 Å². The third-order valence-corrected chi connectivity index (χ3v) is 2.55. The molecule has 1 unspecified atom stereocenters. The molecule has 0 aliphatic rings. The summed E-state index contributed by atoms with van der Waals surface area (Å²) in [7, 11) is 1.83. The van der Waals surface area contributed by atoms with Gasteiger partial charge in [-0.2, -0.15) is 0 Å². The topological polar surface area (TPSA) is 21.3 Å². The second-order valence-electron chi connectivity index (χ2n) is 5.32. The molecular weight excluding hydrogens is 186 g/mol. The minimum absolute atomic E-state index is 0.254. The molecule has 2 heteroatoms. The first-order chi connectivity index (χ1) is 6.99. The highest BCUT2D eigenvalue weighted by Gasteiger charge is 2.08. The second-order valence-corrected chi connectivity index (χ2v) is 5.32. The lowest BCUT2D eigenvalue weighted by Gasteiger charge is -2.20. The van der Waals surface area contributed by atoms with Crippen molar-refractivity contribution in [2.45, 2.75) is 71.4 Å². The molecule has 1 N–H and O–H groups in total. The average molecular weight is 215 g/mol. The van der Waals surface area contributed by atoms with Gasteiger partial charge in [0.25, 0.3) is 0 Å². The predicted octanol–water partition coefficient (Wildman–Crippen LogP) is 3.36. The van der Waals surface area contributed by atoms with Crippen LogP contribution in [0.15, 0.2) is 0 Å². The van der Waals surface area contributed by atoms with Crippen molar-refractivity contribution in [1.29, 1.82) is 0 Å². The number of unbranched alkanes of at least 4 members (excludes halogenated alkanes) is 1. The summed E-state index contributed by atoms with van der Waals surface area (Å²) in [5.41, 5.74) is 0.254. The van der Waals surface area contributed by atoms with E-state index in [4.69, 9.17) is 4.74 Å². The van der Waals surface area contributed by atoms with Gasteiger partial charge in [0.15, 0.2) is 0 Å². The van der Waals surface area contributed by atoms with Crippen LogP contribution in [0.4, 0.5) is 0 Å². The summed E-state index contributed by atoms with van der Waals surface area (Å²) in [6.07, 6.45) is 6.62. The van der Waals surface area contributed by atoms with Crippen LogP contribution in [0.2, 0.25) is 0 Å². The molecule has 0 spiro atoms. The first-order valence-corrected chi connectivity index (χ1v) is 6.27. The normalized spacial score (nSPS) is 14.2. The van der Waals surface area contributed by atoms with Crippen LogP contribution in [-0.4, -0.2) is 25.3 Å². The van der Waals surface area contributed by atoms with Crippen molar-refractivity contribution in [3.63, 3.8) is 0 Å². The van der Waals surface area contributed by atoms with Gasteiger partial charge < -0.3 is 10.1 Å². The molecule has 0 aromatic carbocycles. The second kappa shape index (κ2) is 8.12. The minimum Gasteiger partial charge on any atom is -0.381 e. The minimum atomic E-state index is 0.254. The van der Waals surface area contributed by atoms with Crippen molar-refractivity contribution in [2.24, 2.45) is 0 Å². The van der Waals surface area contributed by atoms with Crippen LogP contribution in [0.1, 0.15) is 59.8 Å². The van der Waals surface area contributed by atoms with Crippen LogP contribution in [0.5, 0.6) is 0 Å². The third kappa shape index (κ3) is 10.2. The van der Waals surface area contributed by atoms with Gasteiger partial charge in [-0.1, -0.05) is 13.3 Å². The lowest BCUT2D eigenvalue weighted by molar-refractivity contribution is 0.0850. The van der Waals surface area contributed by atoms with Crippen LogP contribution >= 0.6 is 0 Å². The van der Waals surface area contributed by atoms with Gasteiger partial charge in [-0.3, -0.25) is 0 Å². The van der Waals surface area contributed by atoms with E-state index < -0.39 is 0 Å². The van der Waals surface area contributed by atoms with E-state index in [1.165, 1.54) is 32.1 Å². The molecule has 0 aromatic heterocycles. The summed E-state index contributed by atoms with van der Waals surface area (Å²) < 4.78 is 5.42. The molecule has 15 heavy (non-hydrogen) atoms. The van der Waals surface area contributed by atoms with E-state index in [9.17, 15) is 0 Å². The van der Waals surface area contributed by atoms with Gasteiger partial charge in [0.2, 0.25) is 0 Å². The lowest BCUT2D eigenvalue weighted by Crippen LogP contribution is -2.36. The van der Waals surface area contributed by atoms with E-state index in [2.05, 4.69) is 33.0 Å². The third-order valence-electron chi connectivity index (χ3n) is 2.55. The average Bonchev–Trinajstić information content (AvgIpc) is 2.14. The molecular formula is C13H29NO. The Morgan fingerprint density at radius 3 is 2.27 bits per heavy atom. The number of rotatable bonds is 8. The molecule has 0 aromatic rings. The summed E-state index contributed by atoms with van der Waals surface area (Å²) in [6.45, 7) is 9.96. The summed E-state index contributed by atoms with van der Waals surface area (Å²) in [5.74, 6) is 0. The highest BCUT2D eigenvalue weighted by molar-refractivity contribution is 4.69. The number of ether oxygens (including phenoxy) is 1. The summed E-state index contributed by atoms with van der Waals surface area (Å²) in [6, 6.07) is 0. The first-order valence-electron chi connectivity index (χ1n) is 6.27. The highest BCUT2D eigenvalue weighted by atomic mass is 16.5. The Morgan fingerprint density at radius 2 is 1.80 bits per heavy atom. The molecule has 0 rings (SSSR count). The molecule has 0 fully saturated rings. The van der Waals surface area contributed by atoms with Gasteiger partial charge in [0, 0.05) is 12.6 Å². The molecule has 0 radical (unpaired) electrons.